The Kier molecular flexibility index (Phi) is 5.69. The highest BCUT2D eigenvalue weighted by Gasteiger charge is 2.36. The van der Waals surface area contributed by atoms with Crippen molar-refractivity contribution in [2.24, 2.45) is 0 Å². The number of para-hydroxylation sites is 1. The van der Waals surface area contributed by atoms with E-state index >= 15 is 0 Å². The van der Waals surface area contributed by atoms with Crippen molar-refractivity contribution in [3.8, 4) is 0 Å². The van der Waals surface area contributed by atoms with E-state index in [2.05, 4.69) is 6.58 Å². The van der Waals surface area contributed by atoms with E-state index < -0.39 is 6.10 Å². The SMILES string of the molecule is C=CCCC(O)CN(C)C1CCN(c2ccccc2F)C1=O. The van der Waals surface area contributed by atoms with Gasteiger partial charge in [-0.3, -0.25) is 9.69 Å². The highest BCUT2D eigenvalue weighted by molar-refractivity contribution is 5.99. The molecular formula is C17H23FN2O2. The third-order valence-electron chi connectivity index (χ3n) is 4.06. The van der Waals surface area contributed by atoms with Gasteiger partial charge in [-0.15, -0.1) is 6.58 Å². The monoisotopic (exact) mass is 306 g/mol. The number of hydrogen-bond acceptors (Lipinski definition) is 3. The maximum absolute atomic E-state index is 13.8. The zero-order chi connectivity index (χ0) is 16.1. The quantitative estimate of drug-likeness (QED) is 0.785. The van der Waals surface area contributed by atoms with Crippen LogP contribution >= 0.6 is 0 Å². The first-order chi connectivity index (χ1) is 10.5. The van der Waals surface area contributed by atoms with E-state index in [9.17, 15) is 14.3 Å². The molecule has 2 unspecified atom stereocenters. The van der Waals surface area contributed by atoms with Crippen molar-refractivity contribution in [1.29, 1.82) is 0 Å². The molecule has 1 N–H and O–H groups in total. The number of hydrogen-bond donors (Lipinski definition) is 1. The molecule has 4 nitrogen and oxygen atoms in total. The Labute approximate surface area is 130 Å². The second kappa shape index (κ2) is 7.51. The minimum Gasteiger partial charge on any atom is -0.392 e. The van der Waals surface area contributed by atoms with Crippen molar-refractivity contribution in [2.75, 3.05) is 25.0 Å². The normalized spacial score (nSPS) is 19.7. The van der Waals surface area contributed by atoms with Gasteiger partial charge in [0.2, 0.25) is 5.91 Å². The summed E-state index contributed by atoms with van der Waals surface area (Å²) in [5, 5.41) is 9.95. The molecule has 1 aromatic rings. The maximum atomic E-state index is 13.8. The van der Waals surface area contributed by atoms with Gasteiger partial charge in [0.1, 0.15) is 5.82 Å². The molecule has 0 radical (unpaired) electrons. The average molecular weight is 306 g/mol. The number of benzene rings is 1. The number of rotatable bonds is 7. The highest BCUT2D eigenvalue weighted by Crippen LogP contribution is 2.26. The van der Waals surface area contributed by atoms with E-state index in [-0.39, 0.29) is 17.8 Å². The fourth-order valence-electron chi connectivity index (χ4n) is 2.84. The van der Waals surface area contributed by atoms with Crippen LogP contribution in [-0.2, 0) is 4.79 Å². The fraction of sp³-hybridized carbons (Fsp3) is 0.471. The van der Waals surface area contributed by atoms with Crippen molar-refractivity contribution >= 4 is 11.6 Å². The van der Waals surface area contributed by atoms with Crippen LogP contribution in [0.15, 0.2) is 36.9 Å². The van der Waals surface area contributed by atoms with Crippen LogP contribution < -0.4 is 4.90 Å². The molecule has 1 heterocycles. The molecule has 2 rings (SSSR count). The lowest BCUT2D eigenvalue weighted by Gasteiger charge is -2.26. The van der Waals surface area contributed by atoms with Gasteiger partial charge in [0, 0.05) is 13.1 Å². The predicted molar refractivity (Wildman–Crippen MR) is 85.2 cm³/mol. The van der Waals surface area contributed by atoms with Gasteiger partial charge in [-0.25, -0.2) is 4.39 Å². The molecule has 5 heteroatoms. The zero-order valence-electron chi connectivity index (χ0n) is 12.9. The number of halogens is 1. The number of allylic oxidation sites excluding steroid dienone is 1. The van der Waals surface area contributed by atoms with E-state index in [1.807, 2.05) is 11.9 Å². The van der Waals surface area contributed by atoms with Crippen molar-refractivity contribution in [1.82, 2.24) is 4.90 Å². The lowest BCUT2D eigenvalue weighted by atomic mass is 10.1. The molecule has 0 spiro atoms. The van der Waals surface area contributed by atoms with Crippen LogP contribution in [0.5, 0.6) is 0 Å². The number of nitrogens with zero attached hydrogens (tertiary/aromatic N) is 2. The molecule has 0 aliphatic carbocycles. The lowest BCUT2D eigenvalue weighted by molar-refractivity contribution is -0.121. The Balaban J connectivity index is 1.99. The van der Waals surface area contributed by atoms with Gasteiger partial charge in [0.05, 0.1) is 17.8 Å². The predicted octanol–water partition coefficient (Wildman–Crippen LogP) is 2.19. The number of carbonyl (C=O) groups is 1. The van der Waals surface area contributed by atoms with Crippen LogP contribution in [0.4, 0.5) is 10.1 Å². The Morgan fingerprint density at radius 2 is 2.27 bits per heavy atom. The summed E-state index contributed by atoms with van der Waals surface area (Å²) >= 11 is 0. The Morgan fingerprint density at radius 1 is 1.55 bits per heavy atom. The van der Waals surface area contributed by atoms with Gasteiger partial charge in [0.15, 0.2) is 0 Å². The molecule has 1 amide bonds. The minimum absolute atomic E-state index is 0.108. The van der Waals surface area contributed by atoms with Gasteiger partial charge in [-0.05, 0) is 38.4 Å². The fourth-order valence-corrected chi connectivity index (χ4v) is 2.84. The first-order valence-corrected chi connectivity index (χ1v) is 7.59. The molecule has 120 valence electrons. The number of carbonyl (C=O) groups excluding carboxylic acids is 1. The number of amides is 1. The summed E-state index contributed by atoms with van der Waals surface area (Å²) in [6.07, 6.45) is 3.29. The second-order valence-electron chi connectivity index (χ2n) is 5.71. The van der Waals surface area contributed by atoms with Gasteiger partial charge < -0.3 is 10.0 Å². The summed E-state index contributed by atoms with van der Waals surface area (Å²) in [4.78, 5) is 15.9. The average Bonchev–Trinajstić information content (AvgIpc) is 2.87. The van der Waals surface area contributed by atoms with Crippen LogP contribution in [0.2, 0.25) is 0 Å². The molecule has 1 aliphatic heterocycles. The third kappa shape index (κ3) is 3.72. The minimum atomic E-state index is -0.488. The largest absolute Gasteiger partial charge is 0.392 e. The molecule has 1 saturated heterocycles. The topological polar surface area (TPSA) is 43.8 Å². The van der Waals surface area contributed by atoms with Crippen molar-refractivity contribution in [2.45, 2.75) is 31.4 Å². The summed E-state index contributed by atoms with van der Waals surface area (Å²) in [5.41, 5.74) is 0.329. The van der Waals surface area contributed by atoms with Crippen LogP contribution in [0.25, 0.3) is 0 Å². The van der Waals surface area contributed by atoms with E-state index in [0.29, 0.717) is 31.6 Å². The lowest BCUT2D eigenvalue weighted by Crippen LogP contribution is -2.43. The number of likely N-dealkylation sites (N-methyl/N-ethyl adjacent to an activating group) is 1. The molecule has 1 aromatic carbocycles. The molecule has 1 fully saturated rings. The number of aliphatic hydroxyl groups excluding tert-OH is 1. The third-order valence-corrected chi connectivity index (χ3v) is 4.06. The molecule has 22 heavy (non-hydrogen) atoms. The van der Waals surface area contributed by atoms with E-state index in [0.717, 1.165) is 6.42 Å². The van der Waals surface area contributed by atoms with E-state index in [4.69, 9.17) is 0 Å². The summed E-state index contributed by atoms with van der Waals surface area (Å²) < 4.78 is 13.8. The van der Waals surface area contributed by atoms with Gasteiger partial charge in [-0.2, -0.15) is 0 Å². The molecule has 2 atom stereocenters. The van der Waals surface area contributed by atoms with Crippen molar-refractivity contribution in [3.05, 3.63) is 42.7 Å². The summed E-state index contributed by atoms with van der Waals surface area (Å²) in [6.45, 7) is 4.56. The summed E-state index contributed by atoms with van der Waals surface area (Å²) in [7, 11) is 1.82. The molecule has 0 bridgehead atoms. The Morgan fingerprint density at radius 3 is 2.95 bits per heavy atom. The molecule has 0 aromatic heterocycles. The Hall–Kier alpha value is -1.72. The van der Waals surface area contributed by atoms with Crippen LogP contribution in [0.3, 0.4) is 0 Å². The van der Waals surface area contributed by atoms with E-state index in [1.54, 1.807) is 24.3 Å². The second-order valence-corrected chi connectivity index (χ2v) is 5.71. The molecule has 1 aliphatic rings. The van der Waals surface area contributed by atoms with Gasteiger partial charge >= 0.3 is 0 Å². The van der Waals surface area contributed by atoms with Crippen LogP contribution in [-0.4, -0.2) is 48.2 Å². The standard InChI is InChI=1S/C17H23FN2O2/c1-3-4-7-13(21)12-19(2)16-10-11-20(17(16)22)15-9-6-5-8-14(15)18/h3,5-6,8-9,13,16,21H,1,4,7,10-12H2,2H3. The van der Waals surface area contributed by atoms with E-state index in [1.165, 1.54) is 11.0 Å². The smallest absolute Gasteiger partial charge is 0.244 e. The summed E-state index contributed by atoms with van der Waals surface area (Å²) in [6, 6.07) is 6.01. The van der Waals surface area contributed by atoms with Crippen LogP contribution in [0.1, 0.15) is 19.3 Å². The van der Waals surface area contributed by atoms with Gasteiger partial charge in [0.25, 0.3) is 0 Å². The summed E-state index contributed by atoms with van der Waals surface area (Å²) in [5.74, 6) is -0.492. The van der Waals surface area contributed by atoms with Gasteiger partial charge in [-0.1, -0.05) is 18.2 Å². The van der Waals surface area contributed by atoms with Crippen molar-refractivity contribution < 1.29 is 14.3 Å². The zero-order valence-corrected chi connectivity index (χ0v) is 12.9. The first-order valence-electron chi connectivity index (χ1n) is 7.59. The number of aliphatic hydroxyl groups is 1. The molecular weight excluding hydrogens is 283 g/mol. The van der Waals surface area contributed by atoms with Crippen LogP contribution in [0, 0.1) is 5.82 Å². The number of anilines is 1. The maximum Gasteiger partial charge on any atom is 0.244 e. The molecule has 0 saturated carbocycles. The highest BCUT2D eigenvalue weighted by atomic mass is 19.1. The Bertz CT molecular complexity index is 535. The van der Waals surface area contributed by atoms with Crippen molar-refractivity contribution in [3.63, 3.8) is 0 Å². The first kappa shape index (κ1) is 16.6.